The van der Waals surface area contributed by atoms with Gasteiger partial charge in [-0.2, -0.15) is 0 Å². The van der Waals surface area contributed by atoms with Crippen molar-refractivity contribution >= 4 is 22.7 Å². The van der Waals surface area contributed by atoms with Gasteiger partial charge >= 0.3 is 0 Å². The molecule has 0 unspecified atom stereocenters. The number of benzene rings is 1. The Morgan fingerprint density at radius 3 is 2.70 bits per heavy atom. The Balaban J connectivity index is 1.59. The van der Waals surface area contributed by atoms with E-state index in [1.165, 1.54) is 17.9 Å². The summed E-state index contributed by atoms with van der Waals surface area (Å²) in [5, 5.41) is 6.95. The molecule has 1 aromatic heterocycles. The highest BCUT2D eigenvalue weighted by atomic mass is 16.2. The van der Waals surface area contributed by atoms with Crippen LogP contribution in [-0.4, -0.2) is 29.9 Å². The molecule has 0 fully saturated rings. The van der Waals surface area contributed by atoms with E-state index in [9.17, 15) is 9.59 Å². The number of rotatable bonds is 9. The first-order chi connectivity index (χ1) is 11.2. The molecule has 0 atom stereocenters. The summed E-state index contributed by atoms with van der Waals surface area (Å²) in [5.41, 5.74) is 2.37. The van der Waals surface area contributed by atoms with Gasteiger partial charge < -0.3 is 15.6 Å². The van der Waals surface area contributed by atoms with Crippen molar-refractivity contribution in [2.24, 2.45) is 0 Å². The maximum Gasteiger partial charge on any atom is 0.220 e. The molecular weight excluding hydrogens is 290 g/mol. The molecule has 0 spiro atoms. The second-order valence-corrected chi connectivity index (χ2v) is 5.75. The number of aromatic amines is 1. The van der Waals surface area contributed by atoms with Gasteiger partial charge in [-0.1, -0.05) is 24.6 Å². The van der Waals surface area contributed by atoms with Crippen LogP contribution in [0, 0.1) is 0 Å². The summed E-state index contributed by atoms with van der Waals surface area (Å²) in [6.45, 7) is 2.87. The number of unbranched alkanes of at least 4 members (excludes halogenated alkanes) is 2. The fraction of sp³-hybridized carbons (Fsp3) is 0.444. The molecule has 5 nitrogen and oxygen atoms in total. The van der Waals surface area contributed by atoms with E-state index in [4.69, 9.17) is 0 Å². The lowest BCUT2D eigenvalue weighted by Crippen LogP contribution is -2.25. The van der Waals surface area contributed by atoms with Gasteiger partial charge in [-0.3, -0.25) is 9.59 Å². The Labute approximate surface area is 136 Å². The van der Waals surface area contributed by atoms with Crippen molar-refractivity contribution in [3.05, 3.63) is 36.0 Å². The maximum absolute atomic E-state index is 11.8. The highest BCUT2D eigenvalue weighted by Gasteiger charge is 2.04. The Kier molecular flexibility index (Phi) is 6.66. The van der Waals surface area contributed by atoms with Crippen LogP contribution in [0.3, 0.4) is 0 Å². The molecule has 0 aliphatic rings. The number of hydrogen-bond acceptors (Lipinski definition) is 2. The van der Waals surface area contributed by atoms with E-state index in [0.29, 0.717) is 19.5 Å². The van der Waals surface area contributed by atoms with Crippen LogP contribution in [-0.2, 0) is 16.0 Å². The average molecular weight is 315 g/mol. The minimum atomic E-state index is 0.0000221. The monoisotopic (exact) mass is 315 g/mol. The fourth-order valence-corrected chi connectivity index (χ4v) is 2.62. The molecule has 124 valence electrons. The lowest BCUT2D eigenvalue weighted by molar-refractivity contribution is -0.121. The Bertz CT molecular complexity index is 649. The van der Waals surface area contributed by atoms with Crippen LogP contribution >= 0.6 is 0 Å². The molecule has 0 saturated carbocycles. The third kappa shape index (κ3) is 5.77. The van der Waals surface area contributed by atoms with E-state index >= 15 is 0 Å². The number of carbonyl (C=O) groups is 2. The van der Waals surface area contributed by atoms with E-state index in [-0.39, 0.29) is 11.8 Å². The first-order valence-corrected chi connectivity index (χ1v) is 8.23. The van der Waals surface area contributed by atoms with E-state index < -0.39 is 0 Å². The number of fused-ring (bicyclic) bond motifs is 1. The normalized spacial score (nSPS) is 10.7. The lowest BCUT2D eigenvalue weighted by Gasteiger charge is -2.05. The number of para-hydroxylation sites is 1. The molecule has 2 rings (SSSR count). The quantitative estimate of drug-likeness (QED) is 0.622. The lowest BCUT2D eigenvalue weighted by atomic mass is 10.1. The summed E-state index contributed by atoms with van der Waals surface area (Å²) in [7, 11) is 0. The van der Waals surface area contributed by atoms with Gasteiger partial charge in [-0.05, 0) is 30.9 Å². The Morgan fingerprint density at radius 1 is 1.04 bits per heavy atom. The van der Waals surface area contributed by atoms with Crippen molar-refractivity contribution in [1.29, 1.82) is 0 Å². The van der Waals surface area contributed by atoms with Crippen LogP contribution in [0.5, 0.6) is 0 Å². The minimum Gasteiger partial charge on any atom is -0.361 e. The number of amides is 2. The van der Waals surface area contributed by atoms with Gasteiger partial charge in [0.05, 0.1) is 0 Å². The van der Waals surface area contributed by atoms with Gasteiger partial charge in [-0.15, -0.1) is 0 Å². The average Bonchev–Trinajstić information content (AvgIpc) is 2.94. The highest BCUT2D eigenvalue weighted by molar-refractivity contribution is 5.83. The van der Waals surface area contributed by atoms with Crippen LogP contribution in [0.25, 0.3) is 10.9 Å². The summed E-state index contributed by atoms with van der Waals surface area (Å²) in [4.78, 5) is 25.7. The number of carbonyl (C=O) groups excluding carboxylic acids is 2. The standard InChI is InChI=1S/C18H25N3O2/c1-14(22)19-11-6-2-3-9-18(23)20-12-10-15-13-21-17-8-5-4-7-16(15)17/h4-5,7-8,13,21H,2-3,6,9-12H2,1H3,(H,19,22)(H,20,23). The SMILES string of the molecule is CC(=O)NCCCCCC(=O)NCCc1c[nH]c2ccccc12. The van der Waals surface area contributed by atoms with E-state index in [1.54, 1.807) is 0 Å². The molecule has 0 aliphatic carbocycles. The van der Waals surface area contributed by atoms with Crippen molar-refractivity contribution in [1.82, 2.24) is 15.6 Å². The van der Waals surface area contributed by atoms with Crippen LogP contribution in [0.2, 0.25) is 0 Å². The smallest absolute Gasteiger partial charge is 0.220 e. The van der Waals surface area contributed by atoms with Crippen LogP contribution in [0.15, 0.2) is 30.5 Å². The predicted octanol–water partition coefficient (Wildman–Crippen LogP) is 2.52. The van der Waals surface area contributed by atoms with Crippen LogP contribution in [0.4, 0.5) is 0 Å². The molecule has 1 heterocycles. The molecule has 0 aliphatic heterocycles. The topological polar surface area (TPSA) is 74.0 Å². The number of H-pyrrole nitrogens is 1. The van der Waals surface area contributed by atoms with Crippen molar-refractivity contribution in [3.63, 3.8) is 0 Å². The third-order valence-corrected chi connectivity index (χ3v) is 3.85. The fourth-order valence-electron chi connectivity index (χ4n) is 2.62. The van der Waals surface area contributed by atoms with Crippen molar-refractivity contribution in [3.8, 4) is 0 Å². The molecule has 3 N–H and O–H groups in total. The van der Waals surface area contributed by atoms with E-state index in [2.05, 4.69) is 27.8 Å². The Morgan fingerprint density at radius 2 is 1.87 bits per heavy atom. The zero-order valence-electron chi connectivity index (χ0n) is 13.7. The largest absolute Gasteiger partial charge is 0.361 e. The van der Waals surface area contributed by atoms with Crippen molar-refractivity contribution in [2.75, 3.05) is 13.1 Å². The second-order valence-electron chi connectivity index (χ2n) is 5.75. The number of hydrogen-bond donors (Lipinski definition) is 3. The predicted molar refractivity (Wildman–Crippen MR) is 92.2 cm³/mol. The van der Waals surface area contributed by atoms with Crippen molar-refractivity contribution < 1.29 is 9.59 Å². The molecule has 1 aromatic carbocycles. The van der Waals surface area contributed by atoms with Gasteiger partial charge in [0, 0.05) is 43.5 Å². The molecular formula is C18H25N3O2. The maximum atomic E-state index is 11.8. The molecule has 0 radical (unpaired) electrons. The summed E-state index contributed by atoms with van der Waals surface area (Å²) >= 11 is 0. The molecule has 2 amide bonds. The van der Waals surface area contributed by atoms with Crippen molar-refractivity contribution in [2.45, 2.75) is 39.0 Å². The van der Waals surface area contributed by atoms with Gasteiger partial charge in [0.2, 0.25) is 11.8 Å². The van der Waals surface area contributed by atoms with Gasteiger partial charge in [0.15, 0.2) is 0 Å². The van der Waals surface area contributed by atoms with Crippen LogP contribution < -0.4 is 10.6 Å². The first kappa shape index (κ1) is 17.1. The summed E-state index contributed by atoms with van der Waals surface area (Å²) < 4.78 is 0. The summed E-state index contributed by atoms with van der Waals surface area (Å²) in [6.07, 6.45) is 6.13. The Hall–Kier alpha value is -2.30. The summed E-state index contributed by atoms with van der Waals surface area (Å²) in [6, 6.07) is 8.19. The van der Waals surface area contributed by atoms with Crippen LogP contribution in [0.1, 0.15) is 38.2 Å². The van der Waals surface area contributed by atoms with Gasteiger partial charge in [0.1, 0.15) is 0 Å². The second kappa shape index (κ2) is 8.98. The molecule has 0 saturated heterocycles. The number of aromatic nitrogens is 1. The molecule has 5 heteroatoms. The third-order valence-electron chi connectivity index (χ3n) is 3.85. The first-order valence-electron chi connectivity index (χ1n) is 8.23. The highest BCUT2D eigenvalue weighted by Crippen LogP contribution is 2.17. The molecule has 23 heavy (non-hydrogen) atoms. The van der Waals surface area contributed by atoms with E-state index in [0.717, 1.165) is 31.2 Å². The molecule has 2 aromatic rings. The zero-order valence-corrected chi connectivity index (χ0v) is 13.7. The van der Waals surface area contributed by atoms with Gasteiger partial charge in [-0.25, -0.2) is 0 Å². The van der Waals surface area contributed by atoms with Gasteiger partial charge in [0.25, 0.3) is 0 Å². The zero-order chi connectivity index (χ0) is 16.5. The molecule has 0 bridgehead atoms. The van der Waals surface area contributed by atoms with E-state index in [1.807, 2.05) is 18.3 Å². The minimum absolute atomic E-state index is 0.0000221. The summed E-state index contributed by atoms with van der Waals surface area (Å²) in [5.74, 6) is 0.101. The number of nitrogens with one attached hydrogen (secondary N) is 3.